The van der Waals surface area contributed by atoms with E-state index in [0.717, 1.165) is 17.0 Å². The van der Waals surface area contributed by atoms with E-state index in [1.807, 2.05) is 27.0 Å². The molecule has 1 aromatic carbocycles. The van der Waals surface area contributed by atoms with E-state index in [-0.39, 0.29) is 11.6 Å². The second-order valence-electron chi connectivity index (χ2n) is 4.09. The Morgan fingerprint density at radius 1 is 1.33 bits per heavy atom. The summed E-state index contributed by atoms with van der Waals surface area (Å²) in [6.45, 7) is 3.74. The number of hydrogen-bond donors (Lipinski definition) is 0. The van der Waals surface area contributed by atoms with Crippen LogP contribution in [0, 0.1) is 19.7 Å². The van der Waals surface area contributed by atoms with E-state index in [1.54, 1.807) is 10.7 Å². The minimum Gasteiger partial charge on any atom is -0.450 e. The molecule has 96 valence electrons. The number of hydrogen-bond acceptors (Lipinski definition) is 2. The second kappa shape index (κ2) is 5.10. The van der Waals surface area contributed by atoms with E-state index in [0.29, 0.717) is 11.1 Å². The van der Waals surface area contributed by atoms with Gasteiger partial charge in [0.1, 0.15) is 5.69 Å². The molecule has 18 heavy (non-hydrogen) atoms. The van der Waals surface area contributed by atoms with Gasteiger partial charge in [0, 0.05) is 17.9 Å². The molecule has 3 nitrogen and oxygen atoms in total. The number of benzene rings is 1. The van der Waals surface area contributed by atoms with Crippen molar-refractivity contribution in [3.63, 3.8) is 0 Å². The maximum absolute atomic E-state index is 13.8. The number of aryl methyl sites for hydroxylation is 2. The van der Waals surface area contributed by atoms with E-state index in [9.17, 15) is 4.39 Å². The molecule has 0 atom stereocenters. The smallest absolute Gasteiger partial charge is 0.171 e. The SMILES string of the molecule is Cc1nn(C)c(C)c1Oc1c(F)cccc1CBr. The Labute approximate surface area is 114 Å². The first kappa shape index (κ1) is 13.1. The average Bonchev–Trinajstić information content (AvgIpc) is 2.58. The number of aromatic nitrogens is 2. The Kier molecular flexibility index (Phi) is 3.71. The van der Waals surface area contributed by atoms with Crippen LogP contribution in [0.3, 0.4) is 0 Å². The zero-order valence-electron chi connectivity index (χ0n) is 10.5. The summed E-state index contributed by atoms with van der Waals surface area (Å²) in [5.74, 6) is 0.507. The molecule has 1 heterocycles. The van der Waals surface area contributed by atoms with Gasteiger partial charge in [-0.25, -0.2) is 4.39 Å². The quantitative estimate of drug-likeness (QED) is 0.805. The molecule has 0 radical (unpaired) electrons. The number of para-hydroxylation sites is 1. The number of alkyl halides is 1. The van der Waals surface area contributed by atoms with E-state index in [4.69, 9.17) is 4.74 Å². The van der Waals surface area contributed by atoms with Crippen molar-refractivity contribution in [3.05, 3.63) is 41.0 Å². The predicted octanol–water partition coefficient (Wildman–Crippen LogP) is 3.86. The molecule has 0 aliphatic heterocycles. The van der Waals surface area contributed by atoms with Gasteiger partial charge in [0.2, 0.25) is 0 Å². The van der Waals surface area contributed by atoms with Crippen LogP contribution in [-0.4, -0.2) is 9.78 Å². The van der Waals surface area contributed by atoms with Crippen LogP contribution in [0.5, 0.6) is 11.5 Å². The first-order valence-corrected chi connectivity index (χ1v) is 6.68. The Morgan fingerprint density at radius 3 is 2.61 bits per heavy atom. The maximum Gasteiger partial charge on any atom is 0.171 e. The summed E-state index contributed by atoms with van der Waals surface area (Å²) in [7, 11) is 1.84. The minimum atomic E-state index is -0.366. The molecule has 0 amide bonds. The Balaban J connectivity index is 2.46. The molecule has 0 N–H and O–H groups in total. The first-order valence-electron chi connectivity index (χ1n) is 5.56. The largest absolute Gasteiger partial charge is 0.450 e. The third-order valence-corrected chi connectivity index (χ3v) is 3.44. The predicted molar refractivity (Wildman–Crippen MR) is 71.8 cm³/mol. The molecule has 0 bridgehead atoms. The zero-order valence-corrected chi connectivity index (χ0v) is 12.1. The molecule has 0 unspecified atom stereocenters. The fraction of sp³-hybridized carbons (Fsp3) is 0.308. The summed E-state index contributed by atoms with van der Waals surface area (Å²) in [6, 6.07) is 4.89. The lowest BCUT2D eigenvalue weighted by molar-refractivity contribution is 0.432. The van der Waals surface area contributed by atoms with Crippen LogP contribution in [0.2, 0.25) is 0 Å². The topological polar surface area (TPSA) is 27.1 Å². The van der Waals surface area contributed by atoms with E-state index in [2.05, 4.69) is 21.0 Å². The number of ether oxygens (including phenoxy) is 1. The van der Waals surface area contributed by atoms with Crippen molar-refractivity contribution in [1.82, 2.24) is 9.78 Å². The molecule has 5 heteroatoms. The van der Waals surface area contributed by atoms with Gasteiger partial charge in [-0.3, -0.25) is 4.68 Å². The normalized spacial score (nSPS) is 10.7. The maximum atomic E-state index is 13.8. The Morgan fingerprint density at radius 2 is 2.06 bits per heavy atom. The van der Waals surface area contributed by atoms with Gasteiger partial charge < -0.3 is 4.74 Å². The van der Waals surface area contributed by atoms with Crippen LogP contribution in [0.4, 0.5) is 4.39 Å². The highest BCUT2D eigenvalue weighted by Gasteiger charge is 2.16. The summed E-state index contributed by atoms with van der Waals surface area (Å²) in [4.78, 5) is 0. The van der Waals surface area contributed by atoms with E-state index in [1.165, 1.54) is 6.07 Å². The highest BCUT2D eigenvalue weighted by molar-refractivity contribution is 9.08. The van der Waals surface area contributed by atoms with Crippen molar-refractivity contribution < 1.29 is 9.13 Å². The molecular formula is C13H14BrFN2O. The van der Waals surface area contributed by atoms with Gasteiger partial charge in [0.05, 0.1) is 5.69 Å². The van der Waals surface area contributed by atoms with Gasteiger partial charge >= 0.3 is 0 Å². The van der Waals surface area contributed by atoms with Crippen LogP contribution >= 0.6 is 15.9 Å². The van der Waals surface area contributed by atoms with Crippen molar-refractivity contribution >= 4 is 15.9 Å². The molecule has 0 saturated heterocycles. The fourth-order valence-corrected chi connectivity index (χ4v) is 2.22. The van der Waals surface area contributed by atoms with Crippen molar-refractivity contribution in [1.29, 1.82) is 0 Å². The Hall–Kier alpha value is -1.36. The summed E-state index contributed by atoms with van der Waals surface area (Å²) in [5.41, 5.74) is 2.40. The molecule has 0 spiro atoms. The van der Waals surface area contributed by atoms with Crippen LogP contribution in [0.15, 0.2) is 18.2 Å². The summed E-state index contributed by atoms with van der Waals surface area (Å²) >= 11 is 3.33. The van der Waals surface area contributed by atoms with Crippen molar-refractivity contribution in [2.75, 3.05) is 0 Å². The number of nitrogens with zero attached hydrogens (tertiary/aromatic N) is 2. The summed E-state index contributed by atoms with van der Waals surface area (Å²) < 4.78 is 21.3. The third-order valence-electron chi connectivity index (χ3n) is 2.84. The lowest BCUT2D eigenvalue weighted by Gasteiger charge is -2.10. The van der Waals surface area contributed by atoms with Crippen LogP contribution < -0.4 is 4.74 Å². The summed E-state index contributed by atoms with van der Waals surface area (Å²) in [5, 5.41) is 4.79. The molecule has 0 aliphatic carbocycles. The third kappa shape index (κ3) is 2.27. The molecule has 2 aromatic rings. The van der Waals surface area contributed by atoms with Crippen molar-refractivity contribution in [2.24, 2.45) is 7.05 Å². The van der Waals surface area contributed by atoms with Crippen molar-refractivity contribution in [3.8, 4) is 11.5 Å². The van der Waals surface area contributed by atoms with Gasteiger partial charge in [-0.15, -0.1) is 0 Å². The van der Waals surface area contributed by atoms with Gasteiger partial charge in [0.15, 0.2) is 17.3 Å². The molecule has 1 aromatic heterocycles. The monoisotopic (exact) mass is 312 g/mol. The number of halogens is 2. The van der Waals surface area contributed by atoms with Crippen LogP contribution in [0.25, 0.3) is 0 Å². The lowest BCUT2D eigenvalue weighted by Crippen LogP contribution is -1.96. The van der Waals surface area contributed by atoms with Gasteiger partial charge in [-0.05, 0) is 19.9 Å². The van der Waals surface area contributed by atoms with Crippen molar-refractivity contribution in [2.45, 2.75) is 19.2 Å². The molecule has 0 saturated carbocycles. The Bertz CT molecular complexity index is 581. The second-order valence-corrected chi connectivity index (χ2v) is 4.65. The highest BCUT2D eigenvalue weighted by atomic mass is 79.9. The number of rotatable bonds is 3. The van der Waals surface area contributed by atoms with E-state index < -0.39 is 0 Å². The lowest BCUT2D eigenvalue weighted by atomic mass is 10.2. The van der Waals surface area contributed by atoms with E-state index >= 15 is 0 Å². The zero-order chi connectivity index (χ0) is 13.3. The molecule has 2 rings (SSSR count). The average molecular weight is 313 g/mol. The van der Waals surface area contributed by atoms with Gasteiger partial charge in [-0.1, -0.05) is 28.1 Å². The minimum absolute atomic E-state index is 0.258. The molecular weight excluding hydrogens is 299 g/mol. The first-order chi connectivity index (χ1) is 8.54. The standard InChI is InChI=1S/C13H14BrFN2O/c1-8-12(9(2)17(3)16-8)18-13-10(7-14)5-4-6-11(13)15/h4-6H,7H2,1-3H3. The fourth-order valence-electron chi connectivity index (χ4n) is 1.78. The van der Waals surface area contributed by atoms with Crippen LogP contribution in [0.1, 0.15) is 17.0 Å². The van der Waals surface area contributed by atoms with Crippen LogP contribution in [-0.2, 0) is 12.4 Å². The highest BCUT2D eigenvalue weighted by Crippen LogP contribution is 2.33. The summed E-state index contributed by atoms with van der Waals surface area (Å²) in [6.07, 6.45) is 0. The van der Waals surface area contributed by atoms with Gasteiger partial charge in [-0.2, -0.15) is 5.10 Å². The molecule has 0 fully saturated rings. The molecule has 0 aliphatic rings. The van der Waals surface area contributed by atoms with Gasteiger partial charge in [0.25, 0.3) is 0 Å².